The van der Waals surface area contributed by atoms with Crippen LogP contribution in [0.15, 0.2) is 66.2 Å². The highest BCUT2D eigenvalue weighted by Gasteiger charge is 2.20. The van der Waals surface area contributed by atoms with Crippen LogP contribution in [0.2, 0.25) is 0 Å². The van der Waals surface area contributed by atoms with Crippen LogP contribution in [-0.2, 0) is 9.63 Å². The number of carbonyl (C=O) groups is 1. The quantitative estimate of drug-likeness (QED) is 0.856. The van der Waals surface area contributed by atoms with Crippen molar-refractivity contribution in [3.8, 4) is 0 Å². The summed E-state index contributed by atoms with van der Waals surface area (Å²) in [4.78, 5) is 16.3. The summed E-state index contributed by atoms with van der Waals surface area (Å²) in [5.74, 6) is -0.247. The third-order valence-electron chi connectivity index (χ3n) is 4.06. The molecule has 0 radical (unpaired) electrons. The molecule has 1 aliphatic rings. The Hall–Kier alpha value is -2.39. The first kappa shape index (κ1) is 15.5. The maximum atomic E-state index is 11.1. The number of hydrogen-bond acceptors (Lipinski definition) is 3. The molecular formula is C20H21NO2. The largest absolute Gasteiger partial charge is 0.368 e. The SMILES string of the molecule is CC(=O)ON1CCC(=C(c2ccccc2)c2ccccc2)CC1. The van der Waals surface area contributed by atoms with Crippen LogP contribution in [0.4, 0.5) is 0 Å². The first-order valence-electron chi connectivity index (χ1n) is 8.00. The lowest BCUT2D eigenvalue weighted by Crippen LogP contribution is -2.32. The van der Waals surface area contributed by atoms with E-state index in [9.17, 15) is 4.79 Å². The van der Waals surface area contributed by atoms with Gasteiger partial charge in [0.2, 0.25) is 0 Å². The molecule has 1 aliphatic heterocycles. The fraction of sp³-hybridized carbons (Fsp3) is 0.250. The molecule has 0 N–H and O–H groups in total. The average Bonchev–Trinajstić information content (AvgIpc) is 2.58. The third-order valence-corrected chi connectivity index (χ3v) is 4.06. The fourth-order valence-electron chi connectivity index (χ4n) is 3.06. The summed E-state index contributed by atoms with van der Waals surface area (Å²) in [5, 5.41) is 1.76. The number of nitrogens with zero attached hydrogens (tertiary/aromatic N) is 1. The van der Waals surface area contributed by atoms with Gasteiger partial charge in [0, 0.05) is 20.0 Å². The molecule has 0 bridgehead atoms. The highest BCUT2D eigenvalue weighted by atomic mass is 16.7. The van der Waals surface area contributed by atoms with Crippen molar-refractivity contribution in [3.63, 3.8) is 0 Å². The second kappa shape index (κ2) is 7.25. The zero-order valence-corrected chi connectivity index (χ0v) is 13.4. The van der Waals surface area contributed by atoms with Gasteiger partial charge in [-0.05, 0) is 29.5 Å². The molecule has 3 nitrogen and oxygen atoms in total. The summed E-state index contributed by atoms with van der Waals surface area (Å²) < 4.78 is 0. The van der Waals surface area contributed by atoms with Gasteiger partial charge in [0.05, 0.1) is 0 Å². The van der Waals surface area contributed by atoms with E-state index in [0.29, 0.717) is 0 Å². The van der Waals surface area contributed by atoms with Crippen molar-refractivity contribution in [2.24, 2.45) is 0 Å². The van der Waals surface area contributed by atoms with E-state index in [1.54, 1.807) is 5.06 Å². The molecule has 118 valence electrons. The standard InChI is InChI=1S/C20H21NO2/c1-16(22)23-21-14-12-19(13-15-21)20(17-8-4-2-5-9-17)18-10-6-3-7-11-18/h2-11H,12-15H2,1H3. The number of rotatable bonds is 3. The minimum absolute atomic E-state index is 0.247. The molecule has 3 heteroatoms. The highest BCUT2D eigenvalue weighted by Crippen LogP contribution is 2.32. The molecule has 0 unspecified atom stereocenters. The molecule has 0 atom stereocenters. The highest BCUT2D eigenvalue weighted by molar-refractivity contribution is 5.82. The van der Waals surface area contributed by atoms with E-state index in [1.165, 1.54) is 29.2 Å². The van der Waals surface area contributed by atoms with E-state index in [2.05, 4.69) is 48.5 Å². The van der Waals surface area contributed by atoms with E-state index in [4.69, 9.17) is 4.84 Å². The Morgan fingerprint density at radius 1 is 0.870 bits per heavy atom. The van der Waals surface area contributed by atoms with Crippen LogP contribution < -0.4 is 0 Å². The van der Waals surface area contributed by atoms with E-state index in [-0.39, 0.29) is 5.97 Å². The van der Waals surface area contributed by atoms with Crippen LogP contribution in [0.5, 0.6) is 0 Å². The normalized spacial score (nSPS) is 15.3. The van der Waals surface area contributed by atoms with Gasteiger partial charge < -0.3 is 4.84 Å². The molecule has 0 saturated carbocycles. The number of piperidine rings is 1. The molecule has 0 aliphatic carbocycles. The van der Waals surface area contributed by atoms with Crippen LogP contribution in [0, 0.1) is 0 Å². The van der Waals surface area contributed by atoms with E-state index in [1.807, 2.05) is 12.1 Å². The maximum Gasteiger partial charge on any atom is 0.322 e. The van der Waals surface area contributed by atoms with Crippen molar-refractivity contribution in [3.05, 3.63) is 77.4 Å². The summed E-state index contributed by atoms with van der Waals surface area (Å²) in [6.07, 6.45) is 1.82. The number of benzene rings is 2. The molecule has 23 heavy (non-hydrogen) atoms. The molecule has 0 spiro atoms. The van der Waals surface area contributed by atoms with Crippen LogP contribution in [-0.4, -0.2) is 24.1 Å². The molecule has 2 aromatic rings. The van der Waals surface area contributed by atoms with Gasteiger partial charge in [0.15, 0.2) is 0 Å². The summed E-state index contributed by atoms with van der Waals surface area (Å²) in [6, 6.07) is 21.0. The third kappa shape index (κ3) is 3.88. The maximum absolute atomic E-state index is 11.1. The molecule has 0 amide bonds. The van der Waals surface area contributed by atoms with Crippen molar-refractivity contribution in [1.29, 1.82) is 0 Å². The van der Waals surface area contributed by atoms with Gasteiger partial charge in [-0.25, -0.2) is 0 Å². The first-order valence-corrected chi connectivity index (χ1v) is 8.00. The van der Waals surface area contributed by atoms with Crippen molar-refractivity contribution in [2.75, 3.05) is 13.1 Å². The molecule has 3 rings (SSSR count). The smallest absolute Gasteiger partial charge is 0.322 e. The van der Waals surface area contributed by atoms with Gasteiger partial charge in [-0.3, -0.25) is 4.79 Å². The van der Waals surface area contributed by atoms with E-state index < -0.39 is 0 Å². The summed E-state index contributed by atoms with van der Waals surface area (Å²) in [6.45, 7) is 2.95. The van der Waals surface area contributed by atoms with Gasteiger partial charge in [0.25, 0.3) is 0 Å². The Kier molecular flexibility index (Phi) is 4.89. The van der Waals surface area contributed by atoms with Crippen molar-refractivity contribution in [2.45, 2.75) is 19.8 Å². The van der Waals surface area contributed by atoms with Gasteiger partial charge in [-0.1, -0.05) is 66.2 Å². The lowest BCUT2D eigenvalue weighted by atomic mass is 9.89. The minimum Gasteiger partial charge on any atom is -0.368 e. The molecule has 2 aromatic carbocycles. The van der Waals surface area contributed by atoms with Crippen LogP contribution >= 0.6 is 0 Å². The van der Waals surface area contributed by atoms with E-state index >= 15 is 0 Å². The number of hydroxylamine groups is 2. The Morgan fingerprint density at radius 2 is 1.35 bits per heavy atom. The second-order valence-corrected chi connectivity index (χ2v) is 5.72. The predicted octanol–water partition coefficient (Wildman–Crippen LogP) is 4.06. The lowest BCUT2D eigenvalue weighted by Gasteiger charge is -2.28. The molecule has 0 aromatic heterocycles. The zero-order chi connectivity index (χ0) is 16.1. The van der Waals surface area contributed by atoms with Crippen LogP contribution in [0.1, 0.15) is 30.9 Å². The van der Waals surface area contributed by atoms with Gasteiger partial charge >= 0.3 is 5.97 Å². The lowest BCUT2D eigenvalue weighted by molar-refractivity contribution is -0.189. The first-order chi connectivity index (χ1) is 11.2. The van der Waals surface area contributed by atoms with Gasteiger partial charge in [-0.2, -0.15) is 0 Å². The fourth-order valence-corrected chi connectivity index (χ4v) is 3.06. The number of carbonyl (C=O) groups excluding carboxylic acids is 1. The molecule has 1 saturated heterocycles. The Labute approximate surface area is 137 Å². The summed E-state index contributed by atoms with van der Waals surface area (Å²) in [5.41, 5.74) is 5.23. The summed E-state index contributed by atoms with van der Waals surface area (Å²) >= 11 is 0. The zero-order valence-electron chi connectivity index (χ0n) is 13.4. The Morgan fingerprint density at radius 3 is 1.78 bits per heavy atom. The van der Waals surface area contributed by atoms with Crippen LogP contribution in [0.25, 0.3) is 5.57 Å². The van der Waals surface area contributed by atoms with Crippen molar-refractivity contribution in [1.82, 2.24) is 5.06 Å². The summed E-state index contributed by atoms with van der Waals surface area (Å²) in [7, 11) is 0. The second-order valence-electron chi connectivity index (χ2n) is 5.72. The molecule has 1 fully saturated rings. The van der Waals surface area contributed by atoms with Gasteiger partial charge in [0.1, 0.15) is 0 Å². The monoisotopic (exact) mass is 307 g/mol. The predicted molar refractivity (Wildman–Crippen MR) is 91.5 cm³/mol. The topological polar surface area (TPSA) is 29.5 Å². The van der Waals surface area contributed by atoms with Gasteiger partial charge in [-0.15, -0.1) is 5.06 Å². The Balaban J connectivity index is 1.92. The van der Waals surface area contributed by atoms with Crippen molar-refractivity contribution >= 4 is 11.5 Å². The minimum atomic E-state index is -0.247. The number of hydrogen-bond donors (Lipinski definition) is 0. The van der Waals surface area contributed by atoms with E-state index in [0.717, 1.165) is 25.9 Å². The average molecular weight is 307 g/mol. The Bertz CT molecular complexity index is 641. The van der Waals surface area contributed by atoms with Crippen molar-refractivity contribution < 1.29 is 9.63 Å². The molecular weight excluding hydrogens is 286 g/mol. The molecule has 1 heterocycles. The van der Waals surface area contributed by atoms with Crippen LogP contribution in [0.3, 0.4) is 0 Å².